The van der Waals surface area contributed by atoms with E-state index in [1.54, 1.807) is 17.5 Å². The molecule has 6 heteroatoms. The van der Waals surface area contributed by atoms with Crippen molar-refractivity contribution < 1.29 is 4.79 Å². The topological polar surface area (TPSA) is 68.0 Å². The molecule has 1 heterocycles. The minimum atomic E-state index is 0. The second kappa shape index (κ2) is 7.72. The van der Waals surface area contributed by atoms with Gasteiger partial charge in [0.15, 0.2) is 0 Å². The number of hydrogen-bond donors (Lipinski definition) is 2. The summed E-state index contributed by atoms with van der Waals surface area (Å²) < 4.78 is 0. The summed E-state index contributed by atoms with van der Waals surface area (Å²) >= 11 is 1.59. The molecule has 1 aliphatic rings. The van der Waals surface area contributed by atoms with Gasteiger partial charge >= 0.3 is 0 Å². The summed E-state index contributed by atoms with van der Waals surface area (Å²) in [5, 5.41) is 5.88. The van der Waals surface area contributed by atoms with Gasteiger partial charge in [-0.3, -0.25) is 4.79 Å². The van der Waals surface area contributed by atoms with E-state index < -0.39 is 0 Å². The number of amides is 1. The summed E-state index contributed by atoms with van der Waals surface area (Å²) in [6.07, 6.45) is 5.54. The highest BCUT2D eigenvalue weighted by Gasteiger charge is 2.26. The van der Waals surface area contributed by atoms with Crippen molar-refractivity contribution >= 4 is 35.3 Å². The number of nitrogens with two attached hydrogens (primary N) is 1. The lowest BCUT2D eigenvalue weighted by Gasteiger charge is -2.15. The average Bonchev–Trinajstić information content (AvgIpc) is 3.12. The van der Waals surface area contributed by atoms with Gasteiger partial charge in [0.05, 0.1) is 0 Å². The smallest absolute Gasteiger partial charge is 0.224 e. The Morgan fingerprint density at radius 3 is 2.95 bits per heavy atom. The Labute approximate surface area is 140 Å². The van der Waals surface area contributed by atoms with E-state index in [1.165, 1.54) is 0 Å². The van der Waals surface area contributed by atoms with Gasteiger partial charge in [0, 0.05) is 35.3 Å². The van der Waals surface area contributed by atoms with Gasteiger partial charge in [-0.25, -0.2) is 4.98 Å². The number of carbonyl (C=O) groups is 1. The van der Waals surface area contributed by atoms with Crippen LogP contribution in [0.3, 0.4) is 0 Å². The third-order valence-corrected chi connectivity index (χ3v) is 4.81. The first-order valence-electron chi connectivity index (χ1n) is 7.28. The maximum atomic E-state index is 12.1. The monoisotopic (exact) mass is 337 g/mol. The molecule has 3 rings (SSSR count). The summed E-state index contributed by atoms with van der Waals surface area (Å²) in [5.41, 5.74) is 7.87. The Bertz CT molecular complexity index is 618. The zero-order valence-electron chi connectivity index (χ0n) is 12.2. The van der Waals surface area contributed by atoms with Crippen LogP contribution in [-0.4, -0.2) is 16.9 Å². The summed E-state index contributed by atoms with van der Waals surface area (Å²) in [6, 6.07) is 7.99. The fourth-order valence-electron chi connectivity index (χ4n) is 2.87. The van der Waals surface area contributed by atoms with Crippen molar-refractivity contribution in [2.45, 2.75) is 31.7 Å². The van der Waals surface area contributed by atoms with Crippen LogP contribution in [0.4, 0.5) is 5.69 Å². The van der Waals surface area contributed by atoms with Crippen LogP contribution in [0.25, 0.3) is 10.6 Å². The van der Waals surface area contributed by atoms with Crippen molar-refractivity contribution in [1.29, 1.82) is 0 Å². The molecule has 1 aromatic heterocycles. The number of benzene rings is 1. The van der Waals surface area contributed by atoms with Gasteiger partial charge in [0.1, 0.15) is 5.01 Å². The van der Waals surface area contributed by atoms with E-state index in [0.29, 0.717) is 12.3 Å². The Balaban J connectivity index is 0.00000176. The second-order valence-corrected chi connectivity index (χ2v) is 6.42. The highest BCUT2D eigenvalue weighted by Crippen LogP contribution is 2.28. The zero-order valence-corrected chi connectivity index (χ0v) is 13.8. The summed E-state index contributed by atoms with van der Waals surface area (Å²) in [7, 11) is 0. The van der Waals surface area contributed by atoms with Crippen LogP contribution in [-0.2, 0) is 4.79 Å². The molecule has 22 heavy (non-hydrogen) atoms. The molecule has 118 valence electrons. The van der Waals surface area contributed by atoms with Gasteiger partial charge < -0.3 is 11.1 Å². The number of rotatable bonds is 4. The lowest BCUT2D eigenvalue weighted by molar-refractivity contribution is -0.117. The quantitative estimate of drug-likeness (QED) is 0.894. The van der Waals surface area contributed by atoms with E-state index in [-0.39, 0.29) is 24.4 Å². The maximum absolute atomic E-state index is 12.1. The fourth-order valence-corrected chi connectivity index (χ4v) is 3.50. The van der Waals surface area contributed by atoms with Crippen LogP contribution in [0.2, 0.25) is 0 Å². The molecule has 1 aliphatic carbocycles. The molecular formula is C16H20ClN3OS. The van der Waals surface area contributed by atoms with E-state index in [0.717, 1.165) is 35.5 Å². The van der Waals surface area contributed by atoms with E-state index in [9.17, 15) is 4.79 Å². The lowest BCUT2D eigenvalue weighted by atomic mass is 10.00. The van der Waals surface area contributed by atoms with Gasteiger partial charge in [-0.05, 0) is 30.9 Å². The molecule has 2 aromatic rings. The molecule has 1 saturated carbocycles. The molecular weight excluding hydrogens is 318 g/mol. The molecule has 1 aromatic carbocycles. The highest BCUT2D eigenvalue weighted by atomic mass is 35.5. The van der Waals surface area contributed by atoms with E-state index >= 15 is 0 Å². The molecule has 3 N–H and O–H groups in total. The molecule has 1 amide bonds. The number of halogens is 1. The molecule has 0 aliphatic heterocycles. The van der Waals surface area contributed by atoms with Crippen LogP contribution in [0.1, 0.15) is 25.7 Å². The Hall–Kier alpha value is -1.43. The van der Waals surface area contributed by atoms with E-state index in [4.69, 9.17) is 5.73 Å². The number of thiazole rings is 1. The summed E-state index contributed by atoms with van der Waals surface area (Å²) in [6.45, 7) is 0. The first-order valence-corrected chi connectivity index (χ1v) is 8.16. The Morgan fingerprint density at radius 2 is 2.27 bits per heavy atom. The van der Waals surface area contributed by atoms with E-state index in [2.05, 4.69) is 10.3 Å². The third kappa shape index (κ3) is 4.06. The van der Waals surface area contributed by atoms with Crippen molar-refractivity contribution in [3.05, 3.63) is 35.8 Å². The standard InChI is InChI=1S/C16H19N3OS.ClH/c17-14-6-2-3-11(14)10-15(20)19-13-5-1-4-12(9-13)16-18-7-8-21-16;/h1,4-5,7-9,11,14H,2-3,6,10,17H2,(H,19,20);1H/t11-,14+;/m0./s1. The van der Waals surface area contributed by atoms with Crippen LogP contribution < -0.4 is 11.1 Å². The van der Waals surface area contributed by atoms with Gasteiger partial charge in [-0.15, -0.1) is 23.7 Å². The van der Waals surface area contributed by atoms with Crippen molar-refractivity contribution in [3.8, 4) is 10.6 Å². The van der Waals surface area contributed by atoms with Crippen LogP contribution in [0, 0.1) is 5.92 Å². The molecule has 4 nitrogen and oxygen atoms in total. The largest absolute Gasteiger partial charge is 0.327 e. The van der Waals surface area contributed by atoms with Crippen LogP contribution in [0.5, 0.6) is 0 Å². The maximum Gasteiger partial charge on any atom is 0.224 e. The molecule has 0 saturated heterocycles. The summed E-state index contributed by atoms with van der Waals surface area (Å²) in [5.74, 6) is 0.376. The second-order valence-electron chi connectivity index (χ2n) is 5.53. The van der Waals surface area contributed by atoms with E-state index in [1.807, 2.05) is 29.6 Å². The van der Waals surface area contributed by atoms with Crippen molar-refractivity contribution in [3.63, 3.8) is 0 Å². The summed E-state index contributed by atoms with van der Waals surface area (Å²) in [4.78, 5) is 16.4. The van der Waals surface area contributed by atoms with Crippen LogP contribution in [0.15, 0.2) is 35.8 Å². The predicted molar refractivity (Wildman–Crippen MR) is 93.4 cm³/mol. The van der Waals surface area contributed by atoms with Crippen molar-refractivity contribution in [2.75, 3.05) is 5.32 Å². The van der Waals surface area contributed by atoms with Gasteiger partial charge in [-0.2, -0.15) is 0 Å². The third-order valence-electron chi connectivity index (χ3n) is 3.99. The first-order chi connectivity index (χ1) is 10.2. The Kier molecular flexibility index (Phi) is 5.94. The molecule has 0 radical (unpaired) electrons. The zero-order chi connectivity index (χ0) is 14.7. The number of anilines is 1. The van der Waals surface area contributed by atoms with Gasteiger partial charge in [-0.1, -0.05) is 18.6 Å². The molecule has 2 atom stereocenters. The Morgan fingerprint density at radius 1 is 1.41 bits per heavy atom. The average molecular weight is 338 g/mol. The normalized spacial score (nSPS) is 20.4. The number of nitrogens with one attached hydrogen (secondary N) is 1. The highest BCUT2D eigenvalue weighted by molar-refractivity contribution is 7.13. The van der Waals surface area contributed by atoms with Gasteiger partial charge in [0.25, 0.3) is 0 Å². The van der Waals surface area contributed by atoms with Crippen molar-refractivity contribution in [2.24, 2.45) is 11.7 Å². The molecule has 1 fully saturated rings. The fraction of sp³-hybridized carbons (Fsp3) is 0.375. The first kappa shape index (κ1) is 16.9. The number of carbonyl (C=O) groups excluding carboxylic acids is 1. The number of hydrogen-bond acceptors (Lipinski definition) is 4. The lowest BCUT2D eigenvalue weighted by Crippen LogP contribution is -2.28. The van der Waals surface area contributed by atoms with Crippen molar-refractivity contribution in [1.82, 2.24) is 4.98 Å². The molecule has 0 unspecified atom stereocenters. The number of aromatic nitrogens is 1. The minimum absolute atomic E-state index is 0. The minimum Gasteiger partial charge on any atom is -0.327 e. The molecule has 0 bridgehead atoms. The van der Waals surface area contributed by atoms with Crippen LogP contribution >= 0.6 is 23.7 Å². The predicted octanol–water partition coefficient (Wildman–Crippen LogP) is 3.69. The molecule has 0 spiro atoms. The van der Waals surface area contributed by atoms with Gasteiger partial charge in [0.2, 0.25) is 5.91 Å². The SMILES string of the molecule is Cl.N[C@@H]1CCC[C@H]1CC(=O)Nc1cccc(-c2nccs2)c1. The number of nitrogens with zero attached hydrogens (tertiary/aromatic N) is 1.